The van der Waals surface area contributed by atoms with Crippen LogP contribution in [0.4, 0.5) is 10.8 Å². The molecular formula is C22H27ClN4O4S. The lowest BCUT2D eigenvalue weighted by molar-refractivity contribution is -0.384. The molecule has 0 saturated carbocycles. The van der Waals surface area contributed by atoms with Gasteiger partial charge in [0.05, 0.1) is 23.2 Å². The van der Waals surface area contributed by atoms with Gasteiger partial charge >= 0.3 is 0 Å². The number of thiazole rings is 1. The molecule has 0 spiro atoms. The summed E-state index contributed by atoms with van der Waals surface area (Å²) in [6.45, 7) is 3.39. The summed E-state index contributed by atoms with van der Waals surface area (Å²) in [5.41, 5.74) is 2.56. The highest BCUT2D eigenvalue weighted by Gasteiger charge is 2.22. The molecule has 0 N–H and O–H groups in total. The van der Waals surface area contributed by atoms with E-state index in [4.69, 9.17) is 9.72 Å². The number of amides is 1. The van der Waals surface area contributed by atoms with E-state index in [-0.39, 0.29) is 30.4 Å². The highest BCUT2D eigenvalue weighted by atomic mass is 35.5. The van der Waals surface area contributed by atoms with E-state index in [1.807, 2.05) is 33.2 Å². The zero-order chi connectivity index (χ0) is 22.5. The standard InChI is InChI=1S/C22H26N4O4S.ClH/c1-15-6-11-18(30-4)20-21(15)31-22(23-20)25(13-5-12-24(2)3)19(27)14-16-7-9-17(10-8-16)26(28)29;/h6-11H,5,12-14H2,1-4H3;1H. The normalized spacial score (nSPS) is 10.8. The Labute approximate surface area is 197 Å². The number of rotatable bonds is 9. The van der Waals surface area contributed by atoms with Crippen LogP contribution in [0.1, 0.15) is 17.5 Å². The van der Waals surface area contributed by atoms with Crippen molar-refractivity contribution in [3.8, 4) is 5.75 Å². The van der Waals surface area contributed by atoms with Gasteiger partial charge in [0.25, 0.3) is 5.69 Å². The first-order chi connectivity index (χ1) is 14.8. The van der Waals surface area contributed by atoms with Crippen molar-refractivity contribution in [3.05, 3.63) is 57.6 Å². The number of nitro benzene ring substituents is 1. The van der Waals surface area contributed by atoms with Gasteiger partial charge in [-0.3, -0.25) is 19.8 Å². The Balaban J connectivity index is 0.00000363. The number of aryl methyl sites for hydroxylation is 1. The van der Waals surface area contributed by atoms with E-state index in [1.54, 1.807) is 24.1 Å². The summed E-state index contributed by atoms with van der Waals surface area (Å²) in [6, 6.07) is 9.96. The number of carbonyl (C=O) groups excluding carboxylic acids is 1. The number of carbonyl (C=O) groups is 1. The van der Waals surface area contributed by atoms with Crippen molar-refractivity contribution in [3.63, 3.8) is 0 Å². The number of anilines is 1. The topological polar surface area (TPSA) is 88.8 Å². The van der Waals surface area contributed by atoms with Crippen LogP contribution < -0.4 is 9.64 Å². The molecule has 172 valence electrons. The molecule has 3 rings (SSSR count). The maximum atomic E-state index is 13.2. The third-order valence-electron chi connectivity index (χ3n) is 4.93. The Kier molecular flexibility index (Phi) is 8.94. The Morgan fingerprint density at radius 1 is 1.16 bits per heavy atom. The van der Waals surface area contributed by atoms with Gasteiger partial charge in [-0.05, 0) is 51.2 Å². The van der Waals surface area contributed by atoms with Gasteiger partial charge in [0, 0.05) is 18.7 Å². The first-order valence-electron chi connectivity index (χ1n) is 9.92. The zero-order valence-electron chi connectivity index (χ0n) is 18.5. The third-order valence-corrected chi connectivity index (χ3v) is 6.15. The van der Waals surface area contributed by atoms with Gasteiger partial charge in [0.1, 0.15) is 11.3 Å². The molecule has 0 aliphatic rings. The number of methoxy groups -OCH3 is 1. The van der Waals surface area contributed by atoms with E-state index in [1.165, 1.54) is 23.5 Å². The lowest BCUT2D eigenvalue weighted by atomic mass is 10.1. The predicted octanol–water partition coefficient (Wildman–Crippen LogP) is 4.47. The van der Waals surface area contributed by atoms with Gasteiger partial charge in [-0.1, -0.05) is 29.5 Å². The molecular weight excluding hydrogens is 452 g/mol. The van der Waals surface area contributed by atoms with E-state index in [0.29, 0.717) is 17.4 Å². The Morgan fingerprint density at radius 2 is 1.84 bits per heavy atom. The molecule has 32 heavy (non-hydrogen) atoms. The van der Waals surface area contributed by atoms with E-state index < -0.39 is 4.92 Å². The first-order valence-corrected chi connectivity index (χ1v) is 10.7. The van der Waals surface area contributed by atoms with Crippen molar-refractivity contribution < 1.29 is 14.5 Å². The molecule has 10 heteroatoms. The minimum absolute atomic E-state index is 0. The first kappa shape index (κ1) is 25.5. The number of halogens is 1. The average molecular weight is 479 g/mol. The molecule has 2 aromatic carbocycles. The van der Waals surface area contributed by atoms with Crippen molar-refractivity contribution in [2.45, 2.75) is 19.8 Å². The highest BCUT2D eigenvalue weighted by molar-refractivity contribution is 7.22. The molecule has 0 bridgehead atoms. The number of nitrogens with zero attached hydrogens (tertiary/aromatic N) is 4. The molecule has 0 radical (unpaired) electrons. The Bertz CT molecular complexity index is 1090. The van der Waals surface area contributed by atoms with Gasteiger partial charge < -0.3 is 9.64 Å². The summed E-state index contributed by atoms with van der Waals surface area (Å²) in [5, 5.41) is 11.5. The predicted molar refractivity (Wildman–Crippen MR) is 130 cm³/mol. The summed E-state index contributed by atoms with van der Waals surface area (Å²) in [4.78, 5) is 32.2. The van der Waals surface area contributed by atoms with Crippen molar-refractivity contribution in [2.24, 2.45) is 0 Å². The molecule has 8 nitrogen and oxygen atoms in total. The molecule has 1 amide bonds. The molecule has 1 aromatic heterocycles. The number of nitro groups is 1. The molecule has 0 aliphatic heterocycles. The number of non-ortho nitro benzene ring substituents is 1. The van der Waals surface area contributed by atoms with E-state index in [2.05, 4.69) is 4.90 Å². The van der Waals surface area contributed by atoms with Crippen molar-refractivity contribution >= 4 is 50.7 Å². The zero-order valence-corrected chi connectivity index (χ0v) is 20.2. The van der Waals surface area contributed by atoms with Crippen LogP contribution >= 0.6 is 23.7 Å². The van der Waals surface area contributed by atoms with Crippen LogP contribution in [0.2, 0.25) is 0 Å². The quantitative estimate of drug-likeness (QED) is 0.333. The van der Waals surface area contributed by atoms with Gasteiger partial charge in [-0.15, -0.1) is 12.4 Å². The average Bonchev–Trinajstić information content (AvgIpc) is 3.17. The second-order valence-electron chi connectivity index (χ2n) is 7.56. The van der Waals surface area contributed by atoms with Crippen molar-refractivity contribution in [1.82, 2.24) is 9.88 Å². The largest absolute Gasteiger partial charge is 0.494 e. The second-order valence-corrected chi connectivity index (χ2v) is 8.54. The third kappa shape index (κ3) is 5.93. The van der Waals surface area contributed by atoms with Crippen LogP contribution in [0.25, 0.3) is 10.2 Å². The summed E-state index contributed by atoms with van der Waals surface area (Å²) in [5.74, 6) is 0.586. The summed E-state index contributed by atoms with van der Waals surface area (Å²) >= 11 is 1.48. The summed E-state index contributed by atoms with van der Waals surface area (Å²) < 4.78 is 6.45. The minimum atomic E-state index is -0.448. The fourth-order valence-corrected chi connectivity index (χ4v) is 4.35. The van der Waals surface area contributed by atoms with Crippen LogP contribution in [0, 0.1) is 17.0 Å². The monoisotopic (exact) mass is 478 g/mol. The SMILES string of the molecule is COc1ccc(C)c2sc(N(CCCN(C)C)C(=O)Cc3ccc([N+](=O)[O-])cc3)nc12.Cl. The molecule has 3 aromatic rings. The summed E-state index contributed by atoms with van der Waals surface area (Å²) in [7, 11) is 5.60. The van der Waals surface area contributed by atoms with Crippen LogP contribution in [0.15, 0.2) is 36.4 Å². The van der Waals surface area contributed by atoms with E-state index >= 15 is 0 Å². The van der Waals surface area contributed by atoms with Gasteiger partial charge in [-0.25, -0.2) is 4.98 Å². The fraction of sp³-hybridized carbons (Fsp3) is 0.364. The van der Waals surface area contributed by atoms with Crippen LogP contribution in [0.5, 0.6) is 5.75 Å². The van der Waals surface area contributed by atoms with Gasteiger partial charge in [0.2, 0.25) is 5.91 Å². The lowest BCUT2D eigenvalue weighted by Crippen LogP contribution is -2.34. The molecule has 0 saturated heterocycles. The minimum Gasteiger partial charge on any atom is -0.494 e. The molecule has 0 aliphatic carbocycles. The maximum absolute atomic E-state index is 13.2. The van der Waals surface area contributed by atoms with Gasteiger partial charge in [0.15, 0.2) is 5.13 Å². The molecule has 1 heterocycles. The fourth-order valence-electron chi connectivity index (χ4n) is 3.26. The lowest BCUT2D eigenvalue weighted by Gasteiger charge is -2.21. The highest BCUT2D eigenvalue weighted by Crippen LogP contribution is 2.36. The second kappa shape index (κ2) is 11.2. The number of benzene rings is 2. The Morgan fingerprint density at radius 3 is 2.44 bits per heavy atom. The van der Waals surface area contributed by atoms with E-state index in [9.17, 15) is 14.9 Å². The van der Waals surface area contributed by atoms with Gasteiger partial charge in [-0.2, -0.15) is 0 Å². The molecule has 0 atom stereocenters. The summed E-state index contributed by atoms with van der Waals surface area (Å²) in [6.07, 6.45) is 0.942. The van der Waals surface area contributed by atoms with Crippen LogP contribution in [0.3, 0.4) is 0 Å². The number of hydrogen-bond donors (Lipinski definition) is 0. The van der Waals surface area contributed by atoms with E-state index in [0.717, 1.165) is 34.3 Å². The number of fused-ring (bicyclic) bond motifs is 1. The number of aromatic nitrogens is 1. The maximum Gasteiger partial charge on any atom is 0.269 e. The smallest absolute Gasteiger partial charge is 0.269 e. The van der Waals surface area contributed by atoms with Crippen LogP contribution in [-0.4, -0.2) is 55.0 Å². The Hall–Kier alpha value is -2.75. The number of hydrogen-bond acceptors (Lipinski definition) is 7. The molecule has 0 fully saturated rings. The molecule has 0 unspecified atom stereocenters. The van der Waals surface area contributed by atoms with Crippen molar-refractivity contribution in [2.75, 3.05) is 39.2 Å². The van der Waals surface area contributed by atoms with Crippen molar-refractivity contribution in [1.29, 1.82) is 0 Å². The van der Waals surface area contributed by atoms with Crippen LogP contribution in [-0.2, 0) is 11.2 Å². The number of ether oxygens (including phenoxy) is 1.